The van der Waals surface area contributed by atoms with Crippen LogP contribution in [-0.2, 0) is 11.2 Å². The zero-order valence-corrected chi connectivity index (χ0v) is 10.3. The number of ether oxygens (including phenoxy) is 2. The minimum atomic E-state index is 0.0949. The standard InChI is InChI=1S/C11H13N3O2S/c1-2-7-3-8-9(16-6-4-15-5-6)13-11(12)14-10(8)17-7/h3,6H,2,4-5H2,1H3,(H2,12,13,14). The first-order valence-corrected chi connectivity index (χ1v) is 6.38. The van der Waals surface area contributed by atoms with E-state index in [1.807, 2.05) is 0 Å². The summed E-state index contributed by atoms with van der Waals surface area (Å²) in [6, 6.07) is 2.08. The van der Waals surface area contributed by atoms with Crippen LogP contribution in [-0.4, -0.2) is 29.3 Å². The van der Waals surface area contributed by atoms with Crippen LogP contribution in [0, 0.1) is 0 Å². The van der Waals surface area contributed by atoms with Gasteiger partial charge in [0.15, 0.2) is 0 Å². The van der Waals surface area contributed by atoms with E-state index in [2.05, 4.69) is 23.0 Å². The van der Waals surface area contributed by atoms with Gasteiger partial charge in [-0.2, -0.15) is 4.98 Å². The van der Waals surface area contributed by atoms with Gasteiger partial charge >= 0.3 is 0 Å². The molecule has 3 heterocycles. The van der Waals surface area contributed by atoms with E-state index in [-0.39, 0.29) is 12.1 Å². The molecule has 2 N–H and O–H groups in total. The second-order valence-corrected chi connectivity index (χ2v) is 5.06. The number of hydrogen-bond donors (Lipinski definition) is 1. The molecule has 2 aromatic rings. The van der Waals surface area contributed by atoms with Gasteiger partial charge < -0.3 is 15.2 Å². The fraction of sp³-hybridized carbons (Fsp3) is 0.455. The van der Waals surface area contributed by atoms with Gasteiger partial charge in [0, 0.05) is 4.88 Å². The maximum Gasteiger partial charge on any atom is 0.227 e. The van der Waals surface area contributed by atoms with E-state index in [0.717, 1.165) is 16.6 Å². The van der Waals surface area contributed by atoms with Crippen molar-refractivity contribution in [2.75, 3.05) is 18.9 Å². The quantitative estimate of drug-likeness (QED) is 0.897. The predicted molar refractivity (Wildman–Crippen MR) is 66.4 cm³/mol. The molecule has 90 valence electrons. The smallest absolute Gasteiger partial charge is 0.227 e. The van der Waals surface area contributed by atoms with Crippen molar-refractivity contribution in [3.63, 3.8) is 0 Å². The first-order chi connectivity index (χ1) is 8.26. The Hall–Kier alpha value is -1.40. The Bertz CT molecular complexity index is 551. The van der Waals surface area contributed by atoms with Gasteiger partial charge in [-0.25, -0.2) is 4.98 Å². The zero-order chi connectivity index (χ0) is 11.8. The van der Waals surface area contributed by atoms with Crippen LogP contribution in [0.25, 0.3) is 10.2 Å². The van der Waals surface area contributed by atoms with Crippen molar-refractivity contribution in [1.29, 1.82) is 0 Å². The van der Waals surface area contributed by atoms with E-state index >= 15 is 0 Å². The molecule has 0 spiro atoms. The summed E-state index contributed by atoms with van der Waals surface area (Å²) in [7, 11) is 0. The van der Waals surface area contributed by atoms with E-state index in [1.165, 1.54) is 4.88 Å². The molecule has 0 saturated carbocycles. The van der Waals surface area contributed by atoms with Crippen LogP contribution < -0.4 is 10.5 Å². The summed E-state index contributed by atoms with van der Waals surface area (Å²) < 4.78 is 10.8. The fourth-order valence-corrected chi connectivity index (χ4v) is 2.63. The molecule has 0 aromatic carbocycles. The minimum absolute atomic E-state index is 0.0949. The molecule has 1 saturated heterocycles. The number of fused-ring (bicyclic) bond motifs is 1. The van der Waals surface area contributed by atoms with Gasteiger partial charge in [0.1, 0.15) is 10.9 Å². The molecule has 0 atom stereocenters. The Balaban J connectivity index is 2.04. The SMILES string of the molecule is CCc1cc2c(OC3COC3)nc(N)nc2s1. The molecule has 1 aliphatic heterocycles. The van der Waals surface area contributed by atoms with Crippen LogP contribution >= 0.6 is 11.3 Å². The summed E-state index contributed by atoms with van der Waals surface area (Å²) in [5, 5.41) is 0.952. The number of aromatic nitrogens is 2. The lowest BCUT2D eigenvalue weighted by Gasteiger charge is -2.26. The van der Waals surface area contributed by atoms with Crippen molar-refractivity contribution in [2.45, 2.75) is 19.4 Å². The number of anilines is 1. The second-order valence-electron chi connectivity index (χ2n) is 3.95. The van der Waals surface area contributed by atoms with E-state index in [1.54, 1.807) is 11.3 Å². The molecule has 0 unspecified atom stereocenters. The van der Waals surface area contributed by atoms with Crippen molar-refractivity contribution in [3.05, 3.63) is 10.9 Å². The molecule has 5 nitrogen and oxygen atoms in total. The largest absolute Gasteiger partial charge is 0.469 e. The lowest BCUT2D eigenvalue weighted by atomic mass is 10.3. The number of rotatable bonds is 3. The number of nitrogens with two attached hydrogens (primary N) is 1. The van der Waals surface area contributed by atoms with Crippen LogP contribution in [0.4, 0.5) is 5.95 Å². The Morgan fingerprint density at radius 1 is 1.53 bits per heavy atom. The summed E-state index contributed by atoms with van der Waals surface area (Å²) in [6.07, 6.45) is 1.07. The first kappa shape index (κ1) is 10.7. The number of thiophene rings is 1. The maximum atomic E-state index is 5.75. The normalized spacial score (nSPS) is 16.1. The molecule has 0 amide bonds. The van der Waals surface area contributed by atoms with Crippen LogP contribution in [0.3, 0.4) is 0 Å². The molecule has 17 heavy (non-hydrogen) atoms. The summed E-state index contributed by atoms with van der Waals surface area (Å²) in [4.78, 5) is 10.5. The number of aryl methyl sites for hydroxylation is 1. The number of nitrogen functional groups attached to an aromatic ring is 1. The Morgan fingerprint density at radius 2 is 2.35 bits per heavy atom. The highest BCUT2D eigenvalue weighted by Crippen LogP contribution is 2.32. The van der Waals surface area contributed by atoms with E-state index in [0.29, 0.717) is 19.1 Å². The maximum absolute atomic E-state index is 5.75. The van der Waals surface area contributed by atoms with Gasteiger partial charge in [0.05, 0.1) is 18.6 Å². The van der Waals surface area contributed by atoms with Gasteiger partial charge in [-0.05, 0) is 12.5 Å². The van der Waals surface area contributed by atoms with Crippen molar-refractivity contribution in [1.82, 2.24) is 9.97 Å². The third-order valence-corrected chi connectivity index (χ3v) is 3.83. The molecular weight excluding hydrogens is 238 g/mol. The Morgan fingerprint density at radius 3 is 3.00 bits per heavy atom. The van der Waals surface area contributed by atoms with Crippen molar-refractivity contribution in [3.8, 4) is 5.88 Å². The minimum Gasteiger partial charge on any atom is -0.469 e. The van der Waals surface area contributed by atoms with Crippen molar-refractivity contribution >= 4 is 27.5 Å². The molecule has 0 bridgehead atoms. The summed E-state index contributed by atoms with van der Waals surface area (Å²) in [5.41, 5.74) is 5.68. The zero-order valence-electron chi connectivity index (χ0n) is 9.47. The Labute approximate surface area is 103 Å². The van der Waals surface area contributed by atoms with E-state index < -0.39 is 0 Å². The van der Waals surface area contributed by atoms with Crippen LogP contribution in [0.5, 0.6) is 5.88 Å². The van der Waals surface area contributed by atoms with Crippen molar-refractivity contribution in [2.24, 2.45) is 0 Å². The highest BCUT2D eigenvalue weighted by Gasteiger charge is 2.22. The first-order valence-electron chi connectivity index (χ1n) is 5.56. The van der Waals surface area contributed by atoms with Gasteiger partial charge in [0.25, 0.3) is 0 Å². The third kappa shape index (κ3) is 1.94. The number of hydrogen-bond acceptors (Lipinski definition) is 6. The Kier molecular flexibility index (Phi) is 2.60. The highest BCUT2D eigenvalue weighted by atomic mass is 32.1. The van der Waals surface area contributed by atoms with Crippen LogP contribution in [0.2, 0.25) is 0 Å². The molecule has 0 aliphatic carbocycles. The molecule has 2 aromatic heterocycles. The molecule has 1 aliphatic rings. The van der Waals surface area contributed by atoms with Crippen LogP contribution in [0.1, 0.15) is 11.8 Å². The van der Waals surface area contributed by atoms with Gasteiger partial charge in [0.2, 0.25) is 11.8 Å². The topological polar surface area (TPSA) is 70.3 Å². The average Bonchev–Trinajstić information content (AvgIpc) is 2.65. The van der Waals surface area contributed by atoms with Crippen molar-refractivity contribution < 1.29 is 9.47 Å². The lowest BCUT2D eigenvalue weighted by Crippen LogP contribution is -2.38. The fourth-order valence-electron chi connectivity index (χ4n) is 1.66. The third-order valence-electron chi connectivity index (χ3n) is 2.66. The molecule has 1 fully saturated rings. The second kappa shape index (κ2) is 4.12. The lowest BCUT2D eigenvalue weighted by molar-refractivity contribution is -0.0806. The molecule has 3 rings (SSSR count). The highest BCUT2D eigenvalue weighted by molar-refractivity contribution is 7.18. The number of nitrogens with zero attached hydrogens (tertiary/aromatic N) is 2. The monoisotopic (exact) mass is 251 g/mol. The van der Waals surface area contributed by atoms with Gasteiger partial charge in [-0.1, -0.05) is 6.92 Å². The van der Waals surface area contributed by atoms with Gasteiger partial charge in [-0.15, -0.1) is 11.3 Å². The predicted octanol–water partition coefficient (Wildman–Crippen LogP) is 1.61. The summed E-state index contributed by atoms with van der Waals surface area (Å²) in [6.45, 7) is 3.36. The van der Waals surface area contributed by atoms with E-state index in [4.69, 9.17) is 15.2 Å². The summed E-state index contributed by atoms with van der Waals surface area (Å²) in [5.74, 6) is 0.842. The average molecular weight is 251 g/mol. The van der Waals surface area contributed by atoms with Gasteiger partial charge in [-0.3, -0.25) is 0 Å². The molecule has 6 heteroatoms. The molecule has 0 radical (unpaired) electrons. The van der Waals surface area contributed by atoms with Crippen LogP contribution in [0.15, 0.2) is 6.07 Å². The summed E-state index contributed by atoms with van der Waals surface area (Å²) >= 11 is 1.64. The molecular formula is C11H13N3O2S. The van der Waals surface area contributed by atoms with E-state index in [9.17, 15) is 0 Å².